The molecule has 2 N–H and O–H groups in total. The highest BCUT2D eigenvalue weighted by Gasteiger charge is 2.32. The van der Waals surface area contributed by atoms with Gasteiger partial charge < -0.3 is 14.8 Å². The minimum absolute atomic E-state index is 0.0299. The van der Waals surface area contributed by atoms with Crippen LogP contribution in [0.3, 0.4) is 0 Å². The van der Waals surface area contributed by atoms with E-state index in [1.165, 1.54) is 0 Å². The Labute approximate surface area is 139 Å². The van der Waals surface area contributed by atoms with E-state index < -0.39 is 0 Å². The summed E-state index contributed by atoms with van der Waals surface area (Å²) in [5.41, 5.74) is 1.03. The average Bonchev–Trinajstić information content (AvgIpc) is 2.93. The number of Topliss-reactive ketones (excluding diaryl/α,β-unsaturated/α-hetero) is 1. The number of ketones is 1. The first-order chi connectivity index (χ1) is 11.3. The Kier molecular flexibility index (Phi) is 4.13. The Morgan fingerprint density at radius 2 is 2.08 bits per heavy atom. The lowest BCUT2D eigenvalue weighted by Crippen LogP contribution is -2.30. The van der Waals surface area contributed by atoms with Gasteiger partial charge in [-0.25, -0.2) is 0 Å². The normalized spacial score (nSPS) is 17.6. The second kappa shape index (κ2) is 5.98. The molecule has 24 heavy (non-hydrogen) atoms. The summed E-state index contributed by atoms with van der Waals surface area (Å²) in [6, 6.07) is 1.78. The van der Waals surface area contributed by atoms with Crippen molar-refractivity contribution in [2.75, 3.05) is 7.05 Å². The summed E-state index contributed by atoms with van der Waals surface area (Å²) in [4.78, 5) is 31.9. The first-order valence-electron chi connectivity index (χ1n) is 8.09. The lowest BCUT2D eigenvalue weighted by Gasteiger charge is -2.29. The van der Waals surface area contributed by atoms with Gasteiger partial charge in [-0.3, -0.25) is 9.59 Å². The summed E-state index contributed by atoms with van der Waals surface area (Å²) in [7, 11) is 1.85. The fourth-order valence-electron chi connectivity index (χ4n) is 3.01. The van der Waals surface area contributed by atoms with Crippen LogP contribution in [0.2, 0.25) is 0 Å². The van der Waals surface area contributed by atoms with Gasteiger partial charge in [0.05, 0.1) is 0 Å². The van der Waals surface area contributed by atoms with E-state index in [-0.39, 0.29) is 34.3 Å². The van der Waals surface area contributed by atoms with Gasteiger partial charge in [0.25, 0.3) is 11.4 Å². The van der Waals surface area contributed by atoms with Gasteiger partial charge >= 0.3 is 0 Å². The molecule has 0 aromatic carbocycles. The molecule has 0 fully saturated rings. The van der Waals surface area contributed by atoms with Crippen molar-refractivity contribution in [3.8, 4) is 11.5 Å². The Balaban J connectivity index is 1.97. The number of hydrogen-bond acceptors (Lipinski definition) is 6. The summed E-state index contributed by atoms with van der Waals surface area (Å²) in [6.45, 7) is 6.04. The third kappa shape index (κ3) is 3.17. The highest BCUT2D eigenvalue weighted by atomic mass is 16.5. The monoisotopic (exact) mass is 330 g/mol. The molecule has 7 nitrogen and oxygen atoms in total. The average molecular weight is 330 g/mol. The Morgan fingerprint density at radius 3 is 2.79 bits per heavy atom. The lowest BCUT2D eigenvalue weighted by atomic mass is 9.75. The van der Waals surface area contributed by atoms with E-state index in [2.05, 4.69) is 20.4 Å². The number of fused-ring (bicyclic) bond motifs is 1. The second-order valence-corrected chi connectivity index (χ2v) is 7.25. The first-order valence-corrected chi connectivity index (χ1v) is 8.09. The molecule has 7 heteroatoms. The number of nitrogens with one attached hydrogen (secondary N) is 2. The molecular weight excluding hydrogens is 308 g/mol. The van der Waals surface area contributed by atoms with Gasteiger partial charge in [0.15, 0.2) is 11.6 Å². The summed E-state index contributed by atoms with van der Waals surface area (Å²) in [5.74, 6) is 0.703. The minimum atomic E-state index is -0.309. The zero-order valence-corrected chi connectivity index (χ0v) is 14.4. The van der Waals surface area contributed by atoms with Gasteiger partial charge in [-0.05, 0) is 31.9 Å². The van der Waals surface area contributed by atoms with Gasteiger partial charge in [0, 0.05) is 30.1 Å². The van der Waals surface area contributed by atoms with Crippen molar-refractivity contribution in [3.63, 3.8) is 0 Å². The molecule has 1 aliphatic carbocycles. The molecule has 0 aliphatic heterocycles. The van der Waals surface area contributed by atoms with Crippen LogP contribution in [-0.2, 0) is 12.8 Å². The molecule has 1 atom stereocenters. The van der Waals surface area contributed by atoms with E-state index in [1.807, 2.05) is 27.8 Å². The zero-order valence-electron chi connectivity index (χ0n) is 14.4. The SMILES string of the molecule is CNC(C)Cc1noc(-c2cc3c([nH]c2=O)CC(C)(C)CC3=O)n1. The van der Waals surface area contributed by atoms with E-state index in [1.54, 1.807) is 6.07 Å². The number of nitrogens with zero attached hydrogens (tertiary/aromatic N) is 2. The fourth-order valence-corrected chi connectivity index (χ4v) is 3.01. The second-order valence-electron chi connectivity index (χ2n) is 7.25. The number of carbonyl (C=O) groups is 1. The standard InChI is InChI=1S/C17H22N4O3/c1-9(18-4)5-14-20-16(24-21-14)11-6-10-12(19-15(11)23)7-17(2,3)8-13(10)22/h6,9,18H,5,7-8H2,1-4H3,(H,19,23). The number of aromatic amines is 1. The molecule has 1 aliphatic rings. The number of carbonyl (C=O) groups excluding carboxylic acids is 1. The van der Waals surface area contributed by atoms with E-state index in [0.29, 0.717) is 36.3 Å². The molecule has 0 spiro atoms. The molecule has 2 heterocycles. The number of hydrogen-bond donors (Lipinski definition) is 2. The lowest BCUT2D eigenvalue weighted by molar-refractivity contribution is 0.0910. The number of aromatic nitrogens is 3. The molecule has 3 rings (SSSR count). The maximum Gasteiger partial charge on any atom is 0.263 e. The van der Waals surface area contributed by atoms with Crippen LogP contribution < -0.4 is 10.9 Å². The fraction of sp³-hybridized carbons (Fsp3) is 0.529. The van der Waals surface area contributed by atoms with Crippen LogP contribution in [0.1, 0.15) is 49.1 Å². The topological polar surface area (TPSA) is 101 Å². The number of rotatable bonds is 4. The van der Waals surface area contributed by atoms with Crippen LogP contribution in [0.25, 0.3) is 11.5 Å². The maximum absolute atomic E-state index is 12.4. The number of H-pyrrole nitrogens is 1. The molecular formula is C17H22N4O3. The first kappa shape index (κ1) is 16.6. The van der Waals surface area contributed by atoms with E-state index in [9.17, 15) is 9.59 Å². The zero-order chi connectivity index (χ0) is 17.5. The van der Waals surface area contributed by atoms with Crippen LogP contribution >= 0.6 is 0 Å². The van der Waals surface area contributed by atoms with Crippen molar-refractivity contribution in [1.82, 2.24) is 20.4 Å². The van der Waals surface area contributed by atoms with E-state index in [0.717, 1.165) is 0 Å². The van der Waals surface area contributed by atoms with E-state index >= 15 is 0 Å². The molecule has 2 aromatic heterocycles. The molecule has 0 radical (unpaired) electrons. The van der Waals surface area contributed by atoms with Crippen molar-refractivity contribution in [3.05, 3.63) is 33.5 Å². The summed E-state index contributed by atoms with van der Waals surface area (Å²) in [5, 5.41) is 7.01. The van der Waals surface area contributed by atoms with Gasteiger partial charge in [0.2, 0.25) is 0 Å². The Bertz CT molecular complexity index is 835. The van der Waals surface area contributed by atoms with Crippen LogP contribution in [0.15, 0.2) is 15.4 Å². The highest BCUT2D eigenvalue weighted by Crippen LogP contribution is 2.34. The van der Waals surface area contributed by atoms with Crippen molar-refractivity contribution in [2.24, 2.45) is 5.41 Å². The molecule has 1 unspecified atom stereocenters. The summed E-state index contributed by atoms with van der Waals surface area (Å²) >= 11 is 0. The molecule has 128 valence electrons. The van der Waals surface area contributed by atoms with E-state index in [4.69, 9.17) is 4.52 Å². The van der Waals surface area contributed by atoms with Crippen molar-refractivity contribution < 1.29 is 9.32 Å². The molecule has 2 aromatic rings. The highest BCUT2D eigenvalue weighted by molar-refractivity contribution is 5.99. The Morgan fingerprint density at radius 1 is 1.33 bits per heavy atom. The number of pyridine rings is 1. The molecule has 0 saturated carbocycles. The molecule has 0 bridgehead atoms. The largest absolute Gasteiger partial charge is 0.334 e. The molecule has 0 saturated heterocycles. The van der Waals surface area contributed by atoms with Crippen molar-refractivity contribution >= 4 is 5.78 Å². The van der Waals surface area contributed by atoms with Crippen LogP contribution in [0.5, 0.6) is 0 Å². The van der Waals surface area contributed by atoms with Crippen LogP contribution in [0.4, 0.5) is 0 Å². The predicted octanol–water partition coefficient (Wildman–Crippen LogP) is 1.73. The van der Waals surface area contributed by atoms with Crippen LogP contribution in [0, 0.1) is 5.41 Å². The van der Waals surface area contributed by atoms with Gasteiger partial charge in [-0.1, -0.05) is 19.0 Å². The van der Waals surface area contributed by atoms with Crippen LogP contribution in [-0.4, -0.2) is 34.0 Å². The summed E-state index contributed by atoms with van der Waals surface area (Å²) < 4.78 is 5.22. The van der Waals surface area contributed by atoms with Gasteiger partial charge in [0.1, 0.15) is 5.56 Å². The van der Waals surface area contributed by atoms with Gasteiger partial charge in [-0.15, -0.1) is 0 Å². The van der Waals surface area contributed by atoms with Crippen molar-refractivity contribution in [2.45, 2.75) is 46.1 Å². The summed E-state index contributed by atoms with van der Waals surface area (Å²) in [6.07, 6.45) is 1.72. The minimum Gasteiger partial charge on any atom is -0.334 e. The Hall–Kier alpha value is -2.28. The smallest absolute Gasteiger partial charge is 0.263 e. The number of likely N-dealkylation sites (N-methyl/N-ethyl adjacent to an activating group) is 1. The third-order valence-electron chi connectivity index (χ3n) is 4.40. The predicted molar refractivity (Wildman–Crippen MR) is 89.0 cm³/mol. The molecule has 0 amide bonds. The third-order valence-corrected chi connectivity index (χ3v) is 4.40. The maximum atomic E-state index is 12.4. The van der Waals surface area contributed by atoms with Gasteiger partial charge in [-0.2, -0.15) is 4.98 Å². The quantitative estimate of drug-likeness (QED) is 0.885. The van der Waals surface area contributed by atoms with Crippen molar-refractivity contribution in [1.29, 1.82) is 0 Å².